The number of hydrogen-bond donors (Lipinski definition) is 2. The average molecular weight is 335 g/mol. The van der Waals surface area contributed by atoms with Crippen LogP contribution >= 0.6 is 0 Å². The number of primary amides is 1. The molecule has 126 valence electrons. The molecule has 0 bridgehead atoms. The Labute approximate surface area is 144 Å². The van der Waals surface area contributed by atoms with Crippen LogP contribution in [0, 0.1) is 0 Å². The molecule has 1 heterocycles. The summed E-state index contributed by atoms with van der Waals surface area (Å²) in [7, 11) is 0. The first-order valence-electron chi connectivity index (χ1n) is 7.75. The van der Waals surface area contributed by atoms with E-state index in [1.54, 1.807) is 30.5 Å². The molecule has 2 amide bonds. The number of nitrogens with one attached hydrogen (secondary N) is 1. The maximum atomic E-state index is 11.8. The van der Waals surface area contributed by atoms with Crippen LogP contribution in [0.1, 0.15) is 15.9 Å². The van der Waals surface area contributed by atoms with E-state index in [9.17, 15) is 9.59 Å². The van der Waals surface area contributed by atoms with E-state index < -0.39 is 5.91 Å². The second-order valence-corrected chi connectivity index (χ2v) is 5.45. The van der Waals surface area contributed by atoms with Gasteiger partial charge in [-0.3, -0.25) is 14.6 Å². The highest BCUT2D eigenvalue weighted by atomic mass is 16.5. The summed E-state index contributed by atoms with van der Waals surface area (Å²) in [6.07, 6.45) is 1.76. The molecule has 0 saturated heterocycles. The van der Waals surface area contributed by atoms with Crippen LogP contribution in [0.3, 0.4) is 0 Å². The van der Waals surface area contributed by atoms with Crippen molar-refractivity contribution in [1.82, 2.24) is 10.3 Å². The SMILES string of the molecule is NC(=O)CNC(=O)c1ccc(OCc2cccc3cccnc23)cc1. The molecule has 0 aliphatic rings. The van der Waals surface area contributed by atoms with Crippen LogP contribution in [0.15, 0.2) is 60.8 Å². The summed E-state index contributed by atoms with van der Waals surface area (Å²) >= 11 is 0. The zero-order valence-corrected chi connectivity index (χ0v) is 13.4. The number of carbonyl (C=O) groups is 2. The fraction of sp³-hybridized carbons (Fsp3) is 0.105. The normalized spacial score (nSPS) is 10.4. The quantitative estimate of drug-likeness (QED) is 0.720. The van der Waals surface area contributed by atoms with Gasteiger partial charge < -0.3 is 15.8 Å². The Kier molecular flexibility index (Phi) is 4.89. The van der Waals surface area contributed by atoms with Gasteiger partial charge in [0.1, 0.15) is 12.4 Å². The Morgan fingerprint density at radius 1 is 1.04 bits per heavy atom. The van der Waals surface area contributed by atoms with Crippen molar-refractivity contribution in [2.45, 2.75) is 6.61 Å². The lowest BCUT2D eigenvalue weighted by Gasteiger charge is -2.09. The van der Waals surface area contributed by atoms with Gasteiger partial charge in [0.25, 0.3) is 5.91 Å². The molecule has 0 saturated carbocycles. The largest absolute Gasteiger partial charge is 0.489 e. The summed E-state index contributed by atoms with van der Waals surface area (Å²) < 4.78 is 5.79. The average Bonchev–Trinajstić information content (AvgIpc) is 2.64. The molecule has 25 heavy (non-hydrogen) atoms. The minimum absolute atomic E-state index is 0.189. The second-order valence-electron chi connectivity index (χ2n) is 5.45. The van der Waals surface area contributed by atoms with Crippen molar-refractivity contribution in [3.8, 4) is 5.75 Å². The first-order chi connectivity index (χ1) is 12.1. The number of para-hydroxylation sites is 1. The van der Waals surface area contributed by atoms with Crippen LogP contribution in [0.2, 0.25) is 0 Å². The van der Waals surface area contributed by atoms with E-state index in [1.807, 2.05) is 30.3 Å². The van der Waals surface area contributed by atoms with Gasteiger partial charge in [-0.1, -0.05) is 24.3 Å². The fourth-order valence-electron chi connectivity index (χ4n) is 2.42. The molecule has 1 aromatic heterocycles. The number of ether oxygens (including phenoxy) is 1. The first kappa shape index (κ1) is 16.4. The zero-order chi connectivity index (χ0) is 17.6. The molecule has 6 nitrogen and oxygen atoms in total. The molecule has 0 aliphatic carbocycles. The lowest BCUT2D eigenvalue weighted by Crippen LogP contribution is -2.33. The van der Waals surface area contributed by atoms with Gasteiger partial charge in [0, 0.05) is 22.7 Å². The third kappa shape index (κ3) is 4.11. The maximum absolute atomic E-state index is 11.8. The van der Waals surface area contributed by atoms with Crippen molar-refractivity contribution in [2.24, 2.45) is 5.73 Å². The third-order valence-electron chi connectivity index (χ3n) is 3.65. The van der Waals surface area contributed by atoms with E-state index in [-0.39, 0.29) is 12.5 Å². The van der Waals surface area contributed by atoms with E-state index in [0.717, 1.165) is 16.5 Å². The predicted molar refractivity (Wildman–Crippen MR) is 94.0 cm³/mol. The highest BCUT2D eigenvalue weighted by molar-refractivity contribution is 5.96. The number of fused-ring (bicyclic) bond motifs is 1. The summed E-state index contributed by atoms with van der Waals surface area (Å²) in [5.41, 5.74) is 7.33. The molecule has 0 unspecified atom stereocenters. The standard InChI is InChI=1S/C19H17N3O3/c20-17(23)11-22-19(24)14-6-8-16(9-7-14)25-12-15-4-1-3-13-5-2-10-21-18(13)15/h1-10H,11-12H2,(H2,20,23)(H,22,24). The topological polar surface area (TPSA) is 94.3 Å². The number of aromatic nitrogens is 1. The van der Waals surface area contributed by atoms with Crippen LogP contribution in [0.5, 0.6) is 5.75 Å². The Balaban J connectivity index is 1.65. The van der Waals surface area contributed by atoms with E-state index in [2.05, 4.69) is 10.3 Å². The van der Waals surface area contributed by atoms with Gasteiger partial charge in [-0.25, -0.2) is 0 Å². The zero-order valence-electron chi connectivity index (χ0n) is 13.4. The van der Waals surface area contributed by atoms with E-state index in [4.69, 9.17) is 10.5 Å². The monoisotopic (exact) mass is 335 g/mol. The van der Waals surface area contributed by atoms with Crippen molar-refractivity contribution in [3.63, 3.8) is 0 Å². The Hall–Kier alpha value is -3.41. The van der Waals surface area contributed by atoms with Gasteiger partial charge in [0.05, 0.1) is 12.1 Å². The number of amides is 2. The van der Waals surface area contributed by atoms with E-state index in [0.29, 0.717) is 17.9 Å². The number of rotatable bonds is 6. The number of benzene rings is 2. The predicted octanol–water partition coefficient (Wildman–Crippen LogP) is 2.03. The Morgan fingerprint density at radius 3 is 2.56 bits per heavy atom. The summed E-state index contributed by atoms with van der Waals surface area (Å²) in [5.74, 6) is -0.306. The van der Waals surface area contributed by atoms with Gasteiger partial charge in [-0.2, -0.15) is 0 Å². The molecule has 0 aliphatic heterocycles. The van der Waals surface area contributed by atoms with Crippen LogP contribution in [0.4, 0.5) is 0 Å². The van der Waals surface area contributed by atoms with E-state index in [1.165, 1.54) is 0 Å². The molecular weight excluding hydrogens is 318 g/mol. The minimum Gasteiger partial charge on any atom is -0.489 e. The van der Waals surface area contributed by atoms with Crippen molar-refractivity contribution < 1.29 is 14.3 Å². The fourth-order valence-corrected chi connectivity index (χ4v) is 2.42. The lowest BCUT2D eigenvalue weighted by molar-refractivity contribution is -0.117. The summed E-state index contributed by atoms with van der Waals surface area (Å²) in [6.45, 7) is 0.187. The molecule has 3 N–H and O–H groups in total. The molecule has 0 radical (unpaired) electrons. The van der Waals surface area contributed by atoms with Crippen molar-refractivity contribution in [1.29, 1.82) is 0 Å². The van der Waals surface area contributed by atoms with Crippen LogP contribution in [-0.4, -0.2) is 23.3 Å². The molecule has 0 atom stereocenters. The van der Waals surface area contributed by atoms with Gasteiger partial charge >= 0.3 is 0 Å². The number of nitrogens with zero attached hydrogens (tertiary/aromatic N) is 1. The molecule has 3 aromatic rings. The smallest absolute Gasteiger partial charge is 0.251 e. The summed E-state index contributed by atoms with van der Waals surface area (Å²) in [5, 5.41) is 3.49. The van der Waals surface area contributed by atoms with Gasteiger partial charge in [0.2, 0.25) is 5.91 Å². The summed E-state index contributed by atoms with van der Waals surface area (Å²) in [4.78, 5) is 26.9. The van der Waals surface area contributed by atoms with Gasteiger partial charge in [0.15, 0.2) is 0 Å². The van der Waals surface area contributed by atoms with Crippen LogP contribution in [0.25, 0.3) is 10.9 Å². The Morgan fingerprint density at radius 2 is 1.80 bits per heavy atom. The van der Waals surface area contributed by atoms with Crippen molar-refractivity contribution in [3.05, 3.63) is 71.9 Å². The maximum Gasteiger partial charge on any atom is 0.251 e. The molecule has 3 rings (SSSR count). The highest BCUT2D eigenvalue weighted by Crippen LogP contribution is 2.19. The first-order valence-corrected chi connectivity index (χ1v) is 7.75. The number of carbonyl (C=O) groups excluding carboxylic acids is 2. The minimum atomic E-state index is -0.586. The number of hydrogen-bond acceptors (Lipinski definition) is 4. The molecule has 2 aromatic carbocycles. The molecular formula is C19H17N3O3. The highest BCUT2D eigenvalue weighted by Gasteiger charge is 2.07. The molecule has 6 heteroatoms. The summed E-state index contributed by atoms with van der Waals surface area (Å²) in [6, 6.07) is 16.5. The second kappa shape index (κ2) is 7.44. The molecule has 0 fully saturated rings. The Bertz CT molecular complexity index is 902. The lowest BCUT2D eigenvalue weighted by atomic mass is 10.1. The third-order valence-corrected chi connectivity index (χ3v) is 3.65. The number of nitrogens with two attached hydrogens (primary N) is 1. The van der Waals surface area contributed by atoms with Gasteiger partial charge in [-0.15, -0.1) is 0 Å². The van der Waals surface area contributed by atoms with Crippen LogP contribution < -0.4 is 15.8 Å². The van der Waals surface area contributed by atoms with Gasteiger partial charge in [-0.05, 0) is 30.3 Å². The van der Waals surface area contributed by atoms with Crippen molar-refractivity contribution >= 4 is 22.7 Å². The number of pyridine rings is 1. The van der Waals surface area contributed by atoms with Crippen molar-refractivity contribution in [2.75, 3.05) is 6.54 Å². The molecule has 0 spiro atoms. The van der Waals surface area contributed by atoms with Crippen LogP contribution in [-0.2, 0) is 11.4 Å². The van der Waals surface area contributed by atoms with E-state index >= 15 is 0 Å².